The molecule has 0 saturated carbocycles. The zero-order valence-electron chi connectivity index (χ0n) is 29.8. The molecule has 0 saturated heterocycles. The van der Waals surface area contributed by atoms with Gasteiger partial charge in [0.05, 0.1) is 19.8 Å². The highest BCUT2D eigenvalue weighted by molar-refractivity contribution is 5.96. The van der Waals surface area contributed by atoms with Crippen LogP contribution in [0.3, 0.4) is 0 Å². The molecule has 0 aromatic carbocycles. The standard InChI is InChI=1S/C10H15NO7.C10H13NO6.C8H10O7.C2H7NO.25CH4/c1-7(13)4-9(15)17-6-18-10(16)5-8(14)11-2-3-12;1-7(12)4-9(13)16-6-17-10(14)5-8-11-2-3-15-8;1-5(9)2-7(12)14-4-15-8(13)3-6(10)11;3-1-2-4;;;;;;;;;;;;;;;;;;;;;;;;;/h12H,2-6H2,1H3,(H,11,14);2-6H2,1H3;2-4H2,1H3,(H,10,11);4H,1-3H2;25*1H4. The molecule has 6 N–H and O–H groups in total. The Morgan fingerprint density at radius 2 is 0.696 bits per heavy atom. The number of hydrogen-bond donors (Lipinski definition) is 5. The molecule has 24 nitrogen and oxygen atoms in total. The van der Waals surface area contributed by atoms with E-state index in [4.69, 9.17) is 25.8 Å². The van der Waals surface area contributed by atoms with Gasteiger partial charge in [0.1, 0.15) is 62.5 Å². The maximum Gasteiger partial charge on any atom is 0.320 e. The van der Waals surface area contributed by atoms with Gasteiger partial charge >= 0.3 is 41.8 Å². The van der Waals surface area contributed by atoms with Gasteiger partial charge in [-0.15, -0.1) is 0 Å². The minimum absolute atomic E-state index is 0. The number of hydrogen-bond acceptors (Lipinski definition) is 22. The van der Waals surface area contributed by atoms with Crippen molar-refractivity contribution in [2.75, 3.05) is 59.8 Å². The highest BCUT2D eigenvalue weighted by Gasteiger charge is 2.15. The fraction of sp³-hybridized carbons (Fsp3) is 0.782. The van der Waals surface area contributed by atoms with E-state index < -0.39 is 93.8 Å². The number of amides is 1. The van der Waals surface area contributed by atoms with Crippen LogP contribution in [0.2, 0.25) is 0 Å². The minimum Gasteiger partial charge on any atom is -0.481 e. The molecule has 0 spiro atoms. The zero-order valence-corrected chi connectivity index (χ0v) is 29.8. The molecular formula is C55H145N3O21. The number of aliphatic hydroxyl groups excluding tert-OH is 2. The number of aliphatic hydroxyl groups is 2. The van der Waals surface area contributed by atoms with E-state index in [0.717, 1.165) is 0 Å². The number of rotatable bonds is 21. The van der Waals surface area contributed by atoms with Crippen LogP contribution in [0, 0.1) is 0 Å². The van der Waals surface area contributed by atoms with Crippen LogP contribution in [0.5, 0.6) is 0 Å². The summed E-state index contributed by atoms with van der Waals surface area (Å²) in [7, 11) is 0. The molecular weight excluding hydrogens is 1040 g/mol. The van der Waals surface area contributed by atoms with E-state index in [-0.39, 0.29) is 236 Å². The molecule has 0 radical (unpaired) electrons. The first-order chi connectivity index (χ1) is 25.4. The lowest BCUT2D eigenvalue weighted by atomic mass is 10.3. The number of nitrogens with two attached hydrogens (primary N) is 1. The number of nitrogens with one attached hydrogen (secondary N) is 1. The Labute approximate surface area is 491 Å². The van der Waals surface area contributed by atoms with Crippen LogP contribution in [0.4, 0.5) is 0 Å². The third-order valence-electron chi connectivity index (χ3n) is 4.61. The summed E-state index contributed by atoms with van der Waals surface area (Å²) in [4.78, 5) is 122. The van der Waals surface area contributed by atoms with Crippen molar-refractivity contribution >= 4 is 70.9 Å². The summed E-state index contributed by atoms with van der Waals surface area (Å²) in [5.41, 5.74) is 4.78. The monoisotopic (exact) mass is 1180 g/mol. The van der Waals surface area contributed by atoms with E-state index in [1.54, 1.807) is 0 Å². The zero-order chi connectivity index (χ0) is 41.9. The molecule has 1 aliphatic heterocycles. The largest absolute Gasteiger partial charge is 0.481 e. The first kappa shape index (κ1) is 187. The molecule has 1 amide bonds. The predicted octanol–water partition coefficient (Wildman–Crippen LogP) is 12.7. The average molecular weight is 1180 g/mol. The molecule has 0 atom stereocenters. The van der Waals surface area contributed by atoms with Crippen molar-refractivity contribution in [2.45, 2.75) is 245 Å². The first-order valence-electron chi connectivity index (χ1n) is 15.3. The highest BCUT2D eigenvalue weighted by Crippen LogP contribution is 2.00. The van der Waals surface area contributed by atoms with Crippen molar-refractivity contribution in [1.82, 2.24) is 5.32 Å². The smallest absolute Gasteiger partial charge is 0.320 e. The Kier molecular flexibility index (Phi) is 295. The van der Waals surface area contributed by atoms with Crippen LogP contribution < -0.4 is 11.1 Å². The lowest BCUT2D eigenvalue weighted by Gasteiger charge is -2.05. The van der Waals surface area contributed by atoms with E-state index in [0.29, 0.717) is 25.6 Å². The molecule has 1 aliphatic rings. The van der Waals surface area contributed by atoms with Crippen molar-refractivity contribution in [3.8, 4) is 0 Å². The maximum atomic E-state index is 11.2. The van der Waals surface area contributed by atoms with Crippen LogP contribution in [0.1, 0.15) is 245 Å². The first-order valence-corrected chi connectivity index (χ1v) is 15.3. The van der Waals surface area contributed by atoms with E-state index in [1.807, 2.05) is 0 Å². The molecule has 79 heavy (non-hydrogen) atoms. The number of aliphatic imine (C=N–C) groups is 1. The highest BCUT2D eigenvalue weighted by atomic mass is 16.7. The van der Waals surface area contributed by atoms with E-state index in [9.17, 15) is 52.7 Å². The van der Waals surface area contributed by atoms with Crippen LogP contribution >= 0.6 is 0 Å². The number of nitrogens with zero attached hydrogens (tertiary/aromatic N) is 1. The van der Waals surface area contributed by atoms with Gasteiger partial charge in [-0.1, -0.05) is 186 Å². The number of ether oxygens (including phenoxy) is 7. The lowest BCUT2D eigenvalue weighted by Crippen LogP contribution is -2.29. The van der Waals surface area contributed by atoms with Gasteiger partial charge in [0.2, 0.25) is 26.3 Å². The van der Waals surface area contributed by atoms with Crippen molar-refractivity contribution in [3.05, 3.63) is 0 Å². The Morgan fingerprint density at radius 3 is 0.911 bits per heavy atom. The average Bonchev–Trinajstić information content (AvgIpc) is 3.56. The second kappa shape index (κ2) is 125. The van der Waals surface area contributed by atoms with Gasteiger partial charge in [-0.05, 0) is 20.8 Å². The number of ketones is 3. The minimum atomic E-state index is -1.34. The van der Waals surface area contributed by atoms with Crippen LogP contribution in [-0.4, -0.2) is 146 Å². The second-order valence-electron chi connectivity index (χ2n) is 9.72. The van der Waals surface area contributed by atoms with Gasteiger partial charge in [-0.3, -0.25) is 57.7 Å². The molecule has 0 aromatic rings. The Hall–Kier alpha value is -5.88. The summed E-state index contributed by atoms with van der Waals surface area (Å²) in [6.45, 7) is 3.16. The molecule has 24 heteroatoms. The lowest BCUT2D eigenvalue weighted by molar-refractivity contribution is -0.171. The predicted molar refractivity (Wildman–Crippen MR) is 341 cm³/mol. The molecule has 0 aromatic heterocycles. The van der Waals surface area contributed by atoms with Gasteiger partial charge < -0.3 is 59.5 Å². The number of carbonyl (C=O) groups excluding carboxylic acids is 10. The number of Topliss-reactive ketones (excluding diaryl/α,β-unsaturated/α-hetero) is 3. The fourth-order valence-electron chi connectivity index (χ4n) is 2.52. The number of aliphatic carboxylic acids is 1. The van der Waals surface area contributed by atoms with Gasteiger partial charge in [0, 0.05) is 13.1 Å². The van der Waals surface area contributed by atoms with Crippen LogP contribution in [-0.2, 0) is 85.9 Å². The van der Waals surface area contributed by atoms with Crippen molar-refractivity contribution in [1.29, 1.82) is 0 Å². The van der Waals surface area contributed by atoms with Crippen LogP contribution in [0.25, 0.3) is 0 Å². The van der Waals surface area contributed by atoms with E-state index in [2.05, 4.69) is 38.7 Å². The quantitative estimate of drug-likeness (QED) is 0.0308. The SMILES string of the molecule is C.C.C.C.C.C.C.C.C.C.C.C.C.C.C.C.C.C.C.C.C.C.C.C.C.CC(=O)CC(=O)OCOC(=O)CC(=O)NCCO.CC(=O)CC(=O)OCOC(=O)CC(=O)O.CC(=O)CC(=O)OCOC(=O)CC1=NCCO1.NCCO. The molecule has 506 valence electrons. The van der Waals surface area contributed by atoms with Crippen molar-refractivity contribution < 1.29 is 101 Å². The summed E-state index contributed by atoms with van der Waals surface area (Å²) in [6.07, 6.45) is -2.54. The van der Waals surface area contributed by atoms with Gasteiger partial charge in [0.25, 0.3) is 0 Å². The molecule has 0 fully saturated rings. The van der Waals surface area contributed by atoms with Gasteiger partial charge in [-0.25, -0.2) is 0 Å². The van der Waals surface area contributed by atoms with Gasteiger partial charge in [0.15, 0.2) is 5.90 Å². The van der Waals surface area contributed by atoms with E-state index in [1.165, 1.54) is 20.8 Å². The molecule has 1 rings (SSSR count). The number of esters is 6. The summed E-state index contributed by atoms with van der Waals surface area (Å²) in [6, 6.07) is 0. The normalized spacial score (nSPS) is 7.19. The molecule has 0 aliphatic carbocycles. The van der Waals surface area contributed by atoms with Crippen molar-refractivity contribution in [3.63, 3.8) is 0 Å². The topological polar surface area (TPSA) is 363 Å². The molecule has 0 unspecified atom stereocenters. The fourth-order valence-corrected chi connectivity index (χ4v) is 2.52. The molecule has 0 bridgehead atoms. The Bertz CT molecular complexity index is 1280. The Balaban J connectivity index is -0.0000000159. The Morgan fingerprint density at radius 1 is 0.443 bits per heavy atom. The second-order valence-corrected chi connectivity index (χ2v) is 9.72. The van der Waals surface area contributed by atoms with Gasteiger partial charge in [-0.2, -0.15) is 0 Å². The summed E-state index contributed by atoms with van der Waals surface area (Å²) >= 11 is 0. The maximum absolute atomic E-state index is 11.2. The van der Waals surface area contributed by atoms with Crippen molar-refractivity contribution in [2.24, 2.45) is 10.7 Å². The third-order valence-corrected chi connectivity index (χ3v) is 4.61. The third kappa shape index (κ3) is 153. The summed E-state index contributed by atoms with van der Waals surface area (Å²) in [5, 5.41) is 26.6. The van der Waals surface area contributed by atoms with Crippen LogP contribution in [0.15, 0.2) is 4.99 Å². The summed E-state index contributed by atoms with van der Waals surface area (Å²) < 4.78 is 31.5. The number of carboxylic acid groups (broad SMARTS) is 1. The molecule has 1 heterocycles. The number of carboxylic acids is 1. The number of carbonyl (C=O) groups is 11. The summed E-state index contributed by atoms with van der Waals surface area (Å²) in [5.74, 6) is -7.52. The van der Waals surface area contributed by atoms with E-state index >= 15 is 0 Å².